The van der Waals surface area contributed by atoms with Crippen LogP contribution in [0.4, 0.5) is 0 Å². The molecule has 0 unspecified atom stereocenters. The fourth-order valence-electron chi connectivity index (χ4n) is 2.22. The molecule has 1 heterocycles. The molecule has 1 fully saturated rings. The summed E-state index contributed by atoms with van der Waals surface area (Å²) < 4.78 is 1.13. The first-order valence-corrected chi connectivity index (χ1v) is 7.76. The number of hydrogen-bond acceptors (Lipinski definition) is 2. The van der Waals surface area contributed by atoms with Gasteiger partial charge in [-0.2, -0.15) is 0 Å². The molecule has 19 heavy (non-hydrogen) atoms. The SMILES string of the molecule is CC1(C(N)=S)CCN(C(=O)c2ccc(I)cc2)CC1. The third kappa shape index (κ3) is 3.25. The van der Waals surface area contributed by atoms with Crippen LogP contribution in [0.25, 0.3) is 0 Å². The summed E-state index contributed by atoms with van der Waals surface area (Å²) in [5, 5.41) is 0. The van der Waals surface area contributed by atoms with E-state index in [9.17, 15) is 4.79 Å². The molecular weight excluding hydrogens is 371 g/mol. The number of nitrogens with two attached hydrogens (primary N) is 1. The number of carbonyl (C=O) groups excluding carboxylic acids is 1. The molecule has 2 rings (SSSR count). The molecule has 1 aromatic carbocycles. The zero-order chi connectivity index (χ0) is 14.0. The van der Waals surface area contributed by atoms with Crippen molar-refractivity contribution in [2.75, 3.05) is 13.1 Å². The number of amides is 1. The van der Waals surface area contributed by atoms with Crippen molar-refractivity contribution >= 4 is 45.7 Å². The van der Waals surface area contributed by atoms with E-state index in [0.717, 1.165) is 35.1 Å². The van der Waals surface area contributed by atoms with Crippen LogP contribution in [0.1, 0.15) is 30.1 Å². The van der Waals surface area contributed by atoms with Crippen molar-refractivity contribution in [1.82, 2.24) is 4.90 Å². The monoisotopic (exact) mass is 388 g/mol. The number of rotatable bonds is 2. The van der Waals surface area contributed by atoms with Crippen LogP contribution >= 0.6 is 34.8 Å². The van der Waals surface area contributed by atoms with E-state index in [1.165, 1.54) is 0 Å². The van der Waals surface area contributed by atoms with Gasteiger partial charge < -0.3 is 10.6 Å². The van der Waals surface area contributed by atoms with Crippen molar-refractivity contribution in [3.63, 3.8) is 0 Å². The number of nitrogens with zero attached hydrogens (tertiary/aromatic N) is 1. The standard InChI is InChI=1S/C14H17IN2OS/c1-14(13(16)19)6-8-17(9-7-14)12(18)10-2-4-11(15)5-3-10/h2-5H,6-9H2,1H3,(H2,16,19). The van der Waals surface area contributed by atoms with Gasteiger partial charge in [0.15, 0.2) is 0 Å². The van der Waals surface area contributed by atoms with Gasteiger partial charge in [-0.15, -0.1) is 0 Å². The van der Waals surface area contributed by atoms with Gasteiger partial charge in [0.05, 0.1) is 4.99 Å². The van der Waals surface area contributed by atoms with E-state index in [2.05, 4.69) is 29.5 Å². The van der Waals surface area contributed by atoms with Gasteiger partial charge in [-0.05, 0) is 59.7 Å². The van der Waals surface area contributed by atoms with E-state index >= 15 is 0 Å². The molecule has 2 N–H and O–H groups in total. The number of piperidine rings is 1. The highest BCUT2D eigenvalue weighted by atomic mass is 127. The first-order chi connectivity index (χ1) is 8.92. The molecular formula is C14H17IN2OS. The Morgan fingerprint density at radius 3 is 2.32 bits per heavy atom. The molecule has 5 heteroatoms. The van der Waals surface area contributed by atoms with Crippen LogP contribution in [0, 0.1) is 8.99 Å². The normalized spacial score (nSPS) is 18.1. The molecule has 1 aliphatic heterocycles. The number of hydrogen-bond donors (Lipinski definition) is 1. The molecule has 0 radical (unpaired) electrons. The lowest BCUT2D eigenvalue weighted by atomic mass is 9.80. The van der Waals surface area contributed by atoms with E-state index in [1.807, 2.05) is 29.2 Å². The topological polar surface area (TPSA) is 46.3 Å². The number of carbonyl (C=O) groups is 1. The molecule has 0 aromatic heterocycles. The van der Waals surface area contributed by atoms with Crippen molar-refractivity contribution in [2.24, 2.45) is 11.1 Å². The Hall–Kier alpha value is -0.690. The maximum atomic E-state index is 12.4. The Balaban J connectivity index is 2.04. The smallest absolute Gasteiger partial charge is 0.253 e. The first-order valence-electron chi connectivity index (χ1n) is 6.27. The second-order valence-corrected chi connectivity index (χ2v) is 6.91. The molecule has 0 saturated carbocycles. The number of thiocarbonyl (C=S) groups is 1. The van der Waals surface area contributed by atoms with Crippen LogP contribution in [0.15, 0.2) is 24.3 Å². The molecule has 0 bridgehead atoms. The quantitative estimate of drug-likeness (QED) is 0.626. The average molecular weight is 388 g/mol. The maximum Gasteiger partial charge on any atom is 0.253 e. The molecule has 1 amide bonds. The molecule has 0 spiro atoms. The van der Waals surface area contributed by atoms with Gasteiger partial charge >= 0.3 is 0 Å². The van der Waals surface area contributed by atoms with Crippen molar-refractivity contribution in [2.45, 2.75) is 19.8 Å². The van der Waals surface area contributed by atoms with Gasteiger partial charge in [0.25, 0.3) is 5.91 Å². The molecule has 0 aliphatic carbocycles. The summed E-state index contributed by atoms with van der Waals surface area (Å²) in [5.74, 6) is 0.0985. The van der Waals surface area contributed by atoms with E-state index in [4.69, 9.17) is 18.0 Å². The van der Waals surface area contributed by atoms with E-state index in [1.54, 1.807) is 0 Å². The van der Waals surface area contributed by atoms with Gasteiger partial charge in [0.1, 0.15) is 0 Å². The van der Waals surface area contributed by atoms with Gasteiger partial charge in [-0.3, -0.25) is 4.79 Å². The Bertz CT molecular complexity index is 493. The van der Waals surface area contributed by atoms with Crippen molar-refractivity contribution in [3.8, 4) is 0 Å². The summed E-state index contributed by atoms with van der Waals surface area (Å²) >= 11 is 7.35. The molecule has 3 nitrogen and oxygen atoms in total. The zero-order valence-electron chi connectivity index (χ0n) is 10.9. The molecule has 1 saturated heterocycles. The maximum absolute atomic E-state index is 12.4. The Kier molecular flexibility index (Phi) is 4.45. The summed E-state index contributed by atoms with van der Waals surface area (Å²) in [6.07, 6.45) is 1.69. The number of likely N-dealkylation sites (tertiary alicyclic amines) is 1. The Morgan fingerprint density at radius 1 is 1.32 bits per heavy atom. The van der Waals surface area contributed by atoms with E-state index in [-0.39, 0.29) is 11.3 Å². The predicted octanol–water partition coefficient (Wildman–Crippen LogP) is 2.82. The summed E-state index contributed by atoms with van der Waals surface area (Å²) in [5.41, 5.74) is 6.43. The van der Waals surface area contributed by atoms with Gasteiger partial charge in [-0.1, -0.05) is 19.1 Å². The summed E-state index contributed by atoms with van der Waals surface area (Å²) in [7, 11) is 0. The van der Waals surface area contributed by atoms with Gasteiger partial charge in [0, 0.05) is 27.6 Å². The van der Waals surface area contributed by atoms with Crippen LogP contribution in [0.3, 0.4) is 0 Å². The third-order valence-electron chi connectivity index (χ3n) is 3.84. The lowest BCUT2D eigenvalue weighted by Gasteiger charge is -2.38. The third-order valence-corrected chi connectivity index (χ3v) is 5.05. The Morgan fingerprint density at radius 2 is 1.84 bits per heavy atom. The molecule has 1 aromatic rings. The van der Waals surface area contributed by atoms with Gasteiger partial charge in [-0.25, -0.2) is 0 Å². The molecule has 0 atom stereocenters. The van der Waals surface area contributed by atoms with Crippen LogP contribution in [0.5, 0.6) is 0 Å². The van der Waals surface area contributed by atoms with Crippen LogP contribution in [-0.2, 0) is 0 Å². The van der Waals surface area contributed by atoms with Crippen molar-refractivity contribution in [1.29, 1.82) is 0 Å². The van der Waals surface area contributed by atoms with Crippen LogP contribution in [0.2, 0.25) is 0 Å². The highest BCUT2D eigenvalue weighted by molar-refractivity contribution is 14.1. The predicted molar refractivity (Wildman–Crippen MR) is 89.2 cm³/mol. The molecule has 1 aliphatic rings. The fraction of sp³-hybridized carbons (Fsp3) is 0.429. The highest BCUT2D eigenvalue weighted by Crippen LogP contribution is 2.31. The summed E-state index contributed by atoms with van der Waals surface area (Å²) in [6.45, 7) is 3.53. The zero-order valence-corrected chi connectivity index (χ0v) is 13.8. The van der Waals surface area contributed by atoms with Gasteiger partial charge in [0.2, 0.25) is 0 Å². The minimum atomic E-state index is -0.0990. The minimum Gasteiger partial charge on any atom is -0.393 e. The summed E-state index contributed by atoms with van der Waals surface area (Å²) in [4.78, 5) is 14.8. The van der Waals surface area contributed by atoms with Crippen LogP contribution in [-0.4, -0.2) is 28.9 Å². The fourth-order valence-corrected chi connectivity index (χ4v) is 2.79. The second-order valence-electron chi connectivity index (χ2n) is 5.22. The van der Waals surface area contributed by atoms with E-state index in [0.29, 0.717) is 4.99 Å². The highest BCUT2D eigenvalue weighted by Gasteiger charge is 2.34. The molecule has 102 valence electrons. The van der Waals surface area contributed by atoms with Crippen molar-refractivity contribution < 1.29 is 4.79 Å². The van der Waals surface area contributed by atoms with Crippen LogP contribution < -0.4 is 5.73 Å². The lowest BCUT2D eigenvalue weighted by molar-refractivity contribution is 0.0670. The summed E-state index contributed by atoms with van der Waals surface area (Å²) in [6, 6.07) is 7.67. The van der Waals surface area contributed by atoms with Crippen molar-refractivity contribution in [3.05, 3.63) is 33.4 Å². The van der Waals surface area contributed by atoms with E-state index < -0.39 is 0 Å². The Labute approximate surface area is 132 Å². The number of halogens is 1. The largest absolute Gasteiger partial charge is 0.393 e. The average Bonchev–Trinajstić information content (AvgIpc) is 2.39. The number of benzene rings is 1. The lowest BCUT2D eigenvalue weighted by Crippen LogP contribution is -2.46. The second kappa shape index (κ2) is 5.75. The minimum absolute atomic E-state index is 0.0985. The first kappa shape index (κ1) is 14.7.